The molecular formula is C16H18N2O3. The molecule has 2 aliphatic rings. The molecular weight excluding hydrogens is 268 g/mol. The second kappa shape index (κ2) is 4.69. The maximum absolute atomic E-state index is 12.7. The Morgan fingerprint density at radius 1 is 1.19 bits per heavy atom. The summed E-state index contributed by atoms with van der Waals surface area (Å²) in [6.45, 7) is 3.77. The first kappa shape index (κ1) is 13.8. The third-order valence-corrected chi connectivity index (χ3v) is 4.74. The summed E-state index contributed by atoms with van der Waals surface area (Å²) in [5.41, 5.74) is 0.931. The quantitative estimate of drug-likeness (QED) is 0.848. The first-order valence-corrected chi connectivity index (χ1v) is 7.22. The number of carbonyl (C=O) groups excluding carboxylic acids is 3. The lowest BCUT2D eigenvalue weighted by Crippen LogP contribution is -2.66. The summed E-state index contributed by atoms with van der Waals surface area (Å²) < 4.78 is 0. The van der Waals surface area contributed by atoms with E-state index in [1.165, 1.54) is 4.90 Å². The van der Waals surface area contributed by atoms with Crippen molar-refractivity contribution in [2.45, 2.75) is 39.2 Å². The van der Waals surface area contributed by atoms with E-state index in [-0.39, 0.29) is 11.9 Å². The van der Waals surface area contributed by atoms with Crippen LogP contribution in [0.2, 0.25) is 0 Å². The number of aryl methyl sites for hydroxylation is 1. The van der Waals surface area contributed by atoms with E-state index in [2.05, 4.69) is 5.32 Å². The smallest absolute Gasteiger partial charge is 0.277 e. The molecule has 1 unspecified atom stereocenters. The molecule has 0 radical (unpaired) electrons. The standard InChI is InChI=1S/C16H18N2O3/c1-10-6-3-4-7-12(10)11(2)18-14(20)16(8-5-9-16)13(19)17-15(18)21/h3-4,6-7,11H,5,8-9H2,1-2H3,(H,17,19,21). The molecule has 21 heavy (non-hydrogen) atoms. The van der Waals surface area contributed by atoms with Gasteiger partial charge in [0.1, 0.15) is 5.41 Å². The summed E-state index contributed by atoms with van der Waals surface area (Å²) in [7, 11) is 0. The molecule has 4 amide bonds. The van der Waals surface area contributed by atoms with E-state index < -0.39 is 17.4 Å². The maximum Gasteiger partial charge on any atom is 0.331 e. The number of carbonyl (C=O) groups is 3. The zero-order valence-corrected chi connectivity index (χ0v) is 12.2. The minimum Gasteiger partial charge on any atom is -0.277 e. The van der Waals surface area contributed by atoms with Crippen molar-refractivity contribution in [3.05, 3.63) is 35.4 Å². The Balaban J connectivity index is 1.97. The summed E-state index contributed by atoms with van der Waals surface area (Å²) in [5, 5.41) is 2.35. The lowest BCUT2D eigenvalue weighted by molar-refractivity contribution is -0.159. The van der Waals surface area contributed by atoms with Gasteiger partial charge in [-0.3, -0.25) is 19.8 Å². The number of barbiturate groups is 1. The molecule has 1 heterocycles. The van der Waals surface area contributed by atoms with Crippen LogP contribution >= 0.6 is 0 Å². The minimum absolute atomic E-state index is 0.349. The highest BCUT2D eigenvalue weighted by Crippen LogP contribution is 2.46. The first-order chi connectivity index (χ1) is 9.97. The molecule has 1 aliphatic heterocycles. The van der Waals surface area contributed by atoms with Crippen LogP contribution in [0.5, 0.6) is 0 Å². The Morgan fingerprint density at radius 3 is 2.43 bits per heavy atom. The fourth-order valence-corrected chi connectivity index (χ4v) is 3.21. The average Bonchev–Trinajstić information content (AvgIpc) is 2.36. The third kappa shape index (κ3) is 1.87. The van der Waals surface area contributed by atoms with Gasteiger partial charge >= 0.3 is 6.03 Å². The molecule has 2 fully saturated rings. The van der Waals surface area contributed by atoms with Gasteiger partial charge in [-0.05, 0) is 37.8 Å². The van der Waals surface area contributed by atoms with Gasteiger partial charge in [0.05, 0.1) is 6.04 Å². The summed E-state index contributed by atoms with van der Waals surface area (Å²) >= 11 is 0. The van der Waals surface area contributed by atoms with Crippen LogP contribution in [0.25, 0.3) is 0 Å². The highest BCUT2D eigenvalue weighted by Gasteiger charge is 2.58. The van der Waals surface area contributed by atoms with Crippen LogP contribution in [0.4, 0.5) is 4.79 Å². The van der Waals surface area contributed by atoms with Crippen LogP contribution in [-0.4, -0.2) is 22.7 Å². The average molecular weight is 286 g/mol. The summed E-state index contributed by atoms with van der Waals surface area (Å²) in [6, 6.07) is 6.66. The van der Waals surface area contributed by atoms with E-state index in [1.807, 2.05) is 38.1 Å². The Labute approximate surface area is 123 Å². The number of nitrogens with zero attached hydrogens (tertiary/aromatic N) is 1. The molecule has 1 spiro atoms. The summed E-state index contributed by atoms with van der Waals surface area (Å²) in [5.74, 6) is -0.782. The van der Waals surface area contributed by atoms with Crippen LogP contribution in [0.3, 0.4) is 0 Å². The van der Waals surface area contributed by atoms with Crippen molar-refractivity contribution in [3.8, 4) is 0 Å². The van der Waals surface area contributed by atoms with E-state index >= 15 is 0 Å². The largest absolute Gasteiger partial charge is 0.331 e. The number of rotatable bonds is 2. The molecule has 5 heteroatoms. The zero-order valence-electron chi connectivity index (χ0n) is 12.2. The molecule has 1 atom stereocenters. The SMILES string of the molecule is Cc1ccccc1C(C)N1C(=O)NC(=O)C2(CCC2)C1=O. The van der Waals surface area contributed by atoms with E-state index in [0.717, 1.165) is 17.5 Å². The van der Waals surface area contributed by atoms with Gasteiger partial charge in [-0.15, -0.1) is 0 Å². The molecule has 5 nitrogen and oxygen atoms in total. The normalized spacial score (nSPS) is 22.0. The van der Waals surface area contributed by atoms with Gasteiger partial charge in [0.2, 0.25) is 11.8 Å². The number of urea groups is 1. The van der Waals surface area contributed by atoms with Crippen molar-refractivity contribution in [2.24, 2.45) is 5.41 Å². The molecule has 0 bridgehead atoms. The Morgan fingerprint density at radius 2 is 1.86 bits per heavy atom. The molecule has 3 rings (SSSR count). The minimum atomic E-state index is -1.01. The van der Waals surface area contributed by atoms with E-state index in [9.17, 15) is 14.4 Å². The number of hydrogen-bond donors (Lipinski definition) is 1. The predicted octanol–water partition coefficient (Wildman–Crippen LogP) is 2.30. The van der Waals surface area contributed by atoms with Crippen LogP contribution in [0.1, 0.15) is 43.4 Å². The molecule has 1 N–H and O–H groups in total. The van der Waals surface area contributed by atoms with Crippen molar-refractivity contribution in [1.29, 1.82) is 0 Å². The Kier molecular flexibility index (Phi) is 3.08. The second-order valence-electron chi connectivity index (χ2n) is 5.90. The number of benzene rings is 1. The molecule has 1 saturated carbocycles. The number of nitrogens with one attached hydrogen (secondary N) is 1. The first-order valence-electron chi connectivity index (χ1n) is 7.22. The van der Waals surface area contributed by atoms with Crippen molar-refractivity contribution in [2.75, 3.05) is 0 Å². The van der Waals surface area contributed by atoms with Crippen LogP contribution in [-0.2, 0) is 9.59 Å². The molecule has 1 aliphatic carbocycles. The van der Waals surface area contributed by atoms with Crippen LogP contribution < -0.4 is 5.32 Å². The fraction of sp³-hybridized carbons (Fsp3) is 0.438. The van der Waals surface area contributed by atoms with Crippen molar-refractivity contribution in [1.82, 2.24) is 10.2 Å². The maximum atomic E-state index is 12.7. The van der Waals surface area contributed by atoms with Crippen molar-refractivity contribution in [3.63, 3.8) is 0 Å². The molecule has 1 aromatic carbocycles. The van der Waals surface area contributed by atoms with Gasteiger partial charge in [-0.2, -0.15) is 0 Å². The number of amides is 4. The zero-order chi connectivity index (χ0) is 15.2. The predicted molar refractivity (Wildman–Crippen MR) is 76.3 cm³/mol. The number of hydrogen-bond acceptors (Lipinski definition) is 3. The Bertz CT molecular complexity index is 634. The van der Waals surface area contributed by atoms with Crippen LogP contribution in [0.15, 0.2) is 24.3 Å². The van der Waals surface area contributed by atoms with E-state index in [4.69, 9.17) is 0 Å². The van der Waals surface area contributed by atoms with Gasteiger partial charge in [0.25, 0.3) is 0 Å². The summed E-state index contributed by atoms with van der Waals surface area (Å²) in [4.78, 5) is 38.1. The van der Waals surface area contributed by atoms with E-state index in [1.54, 1.807) is 0 Å². The summed E-state index contributed by atoms with van der Waals surface area (Å²) in [6.07, 6.45) is 1.91. The number of imide groups is 2. The molecule has 1 aromatic rings. The van der Waals surface area contributed by atoms with Crippen molar-refractivity contribution >= 4 is 17.8 Å². The van der Waals surface area contributed by atoms with Gasteiger partial charge in [0, 0.05) is 0 Å². The van der Waals surface area contributed by atoms with Gasteiger partial charge < -0.3 is 0 Å². The highest BCUT2D eigenvalue weighted by atomic mass is 16.2. The van der Waals surface area contributed by atoms with Crippen molar-refractivity contribution < 1.29 is 14.4 Å². The lowest BCUT2D eigenvalue weighted by atomic mass is 9.66. The van der Waals surface area contributed by atoms with Gasteiger partial charge in [-0.25, -0.2) is 4.79 Å². The lowest BCUT2D eigenvalue weighted by Gasteiger charge is -2.46. The second-order valence-corrected chi connectivity index (χ2v) is 5.90. The third-order valence-electron chi connectivity index (χ3n) is 4.74. The fourth-order valence-electron chi connectivity index (χ4n) is 3.21. The van der Waals surface area contributed by atoms with Gasteiger partial charge in [0.15, 0.2) is 0 Å². The monoisotopic (exact) mass is 286 g/mol. The van der Waals surface area contributed by atoms with Crippen LogP contribution in [0, 0.1) is 12.3 Å². The molecule has 110 valence electrons. The molecule has 0 aromatic heterocycles. The van der Waals surface area contributed by atoms with Gasteiger partial charge in [-0.1, -0.05) is 30.7 Å². The Hall–Kier alpha value is -2.17. The van der Waals surface area contributed by atoms with E-state index in [0.29, 0.717) is 12.8 Å². The topological polar surface area (TPSA) is 66.5 Å². The molecule has 1 saturated heterocycles. The highest BCUT2D eigenvalue weighted by molar-refractivity contribution is 6.19.